The van der Waals surface area contributed by atoms with E-state index in [0.717, 1.165) is 72.8 Å². The summed E-state index contributed by atoms with van der Waals surface area (Å²) in [7, 11) is 0. The Bertz CT molecular complexity index is 1140. The zero-order valence-electron chi connectivity index (χ0n) is 18.4. The van der Waals surface area contributed by atoms with Crippen LogP contribution in [-0.4, -0.2) is 65.5 Å². The number of pyridine rings is 1. The number of aryl methyl sites for hydroxylation is 2. The summed E-state index contributed by atoms with van der Waals surface area (Å²) in [5, 5.41) is 13.8. The summed E-state index contributed by atoms with van der Waals surface area (Å²) >= 11 is 0. The lowest BCUT2D eigenvalue weighted by Crippen LogP contribution is -2.58. The number of fused-ring (bicyclic) bond motifs is 2. The Labute approximate surface area is 186 Å². The molecule has 168 valence electrons. The second kappa shape index (κ2) is 8.57. The normalized spacial score (nSPS) is 20.2. The Balaban J connectivity index is 1.45. The number of aromatic nitrogens is 3. The molecule has 2 aromatic heterocycles. The number of halogens is 1. The highest BCUT2D eigenvalue weighted by Crippen LogP contribution is 2.29. The predicted octanol–water partition coefficient (Wildman–Crippen LogP) is 2.37. The van der Waals surface area contributed by atoms with Crippen LogP contribution in [0.2, 0.25) is 0 Å². The highest BCUT2D eigenvalue weighted by atomic mass is 19.1. The first kappa shape index (κ1) is 21.0. The second-order valence-electron chi connectivity index (χ2n) is 8.56. The summed E-state index contributed by atoms with van der Waals surface area (Å²) in [5.41, 5.74) is 8.81. The van der Waals surface area contributed by atoms with Crippen molar-refractivity contribution in [2.24, 2.45) is 5.73 Å². The van der Waals surface area contributed by atoms with Crippen LogP contribution in [0.25, 0.3) is 10.8 Å². The first-order valence-corrected chi connectivity index (χ1v) is 11.0. The first-order chi connectivity index (χ1) is 15.5. The Morgan fingerprint density at radius 2 is 2.03 bits per heavy atom. The van der Waals surface area contributed by atoms with Crippen LogP contribution in [0.3, 0.4) is 0 Å². The highest BCUT2D eigenvalue weighted by molar-refractivity contribution is 5.94. The smallest absolute Gasteiger partial charge is 0.158 e. The van der Waals surface area contributed by atoms with Gasteiger partial charge in [-0.25, -0.2) is 9.37 Å². The van der Waals surface area contributed by atoms with Crippen molar-refractivity contribution < 1.29 is 9.13 Å². The van der Waals surface area contributed by atoms with E-state index in [4.69, 9.17) is 15.5 Å². The molecule has 2 aliphatic rings. The number of morpholine rings is 1. The fourth-order valence-corrected chi connectivity index (χ4v) is 4.61. The van der Waals surface area contributed by atoms with Crippen molar-refractivity contribution in [1.82, 2.24) is 20.1 Å². The van der Waals surface area contributed by atoms with E-state index in [2.05, 4.69) is 31.4 Å². The summed E-state index contributed by atoms with van der Waals surface area (Å²) in [5.74, 6) is 1.22. The van der Waals surface area contributed by atoms with Gasteiger partial charge in [0.2, 0.25) is 0 Å². The lowest BCUT2D eigenvalue weighted by Gasteiger charge is -2.44. The average molecular weight is 438 g/mol. The number of nitrogens with one attached hydrogen (secondary N) is 1. The van der Waals surface area contributed by atoms with Gasteiger partial charge in [-0.3, -0.25) is 4.90 Å². The third kappa shape index (κ3) is 3.99. The Hall–Kier alpha value is -2.88. The number of hydrogen-bond acceptors (Lipinski definition) is 8. The number of ether oxygens (including phenoxy) is 1. The van der Waals surface area contributed by atoms with Gasteiger partial charge in [-0.05, 0) is 43.2 Å². The van der Waals surface area contributed by atoms with Crippen molar-refractivity contribution in [2.45, 2.75) is 26.1 Å². The van der Waals surface area contributed by atoms with Crippen molar-refractivity contribution >= 4 is 22.4 Å². The lowest BCUT2D eigenvalue weighted by atomic mass is 10.1. The fourth-order valence-electron chi connectivity index (χ4n) is 4.61. The van der Waals surface area contributed by atoms with Crippen LogP contribution in [0.5, 0.6) is 0 Å². The lowest BCUT2D eigenvalue weighted by molar-refractivity contribution is -0.0117. The van der Waals surface area contributed by atoms with E-state index in [0.29, 0.717) is 11.9 Å². The van der Waals surface area contributed by atoms with Gasteiger partial charge < -0.3 is 20.7 Å². The molecule has 8 nitrogen and oxygen atoms in total. The van der Waals surface area contributed by atoms with Crippen molar-refractivity contribution in [3.8, 4) is 0 Å². The monoisotopic (exact) mass is 437 g/mol. The van der Waals surface area contributed by atoms with Crippen LogP contribution in [-0.2, 0) is 4.74 Å². The number of nitrogens with two attached hydrogens (primary N) is 1. The summed E-state index contributed by atoms with van der Waals surface area (Å²) in [6, 6.07) is 7.04. The number of piperazine rings is 1. The fraction of sp³-hybridized carbons (Fsp3) is 0.435. The summed E-state index contributed by atoms with van der Waals surface area (Å²) in [6.07, 6.45) is 1.31. The molecule has 0 radical (unpaired) electrons. The van der Waals surface area contributed by atoms with Gasteiger partial charge in [-0.2, -0.15) is 5.10 Å². The van der Waals surface area contributed by atoms with Crippen molar-refractivity contribution in [3.05, 3.63) is 53.1 Å². The quantitative estimate of drug-likeness (QED) is 0.601. The van der Waals surface area contributed by atoms with Crippen molar-refractivity contribution in [1.29, 1.82) is 0 Å². The topological polar surface area (TPSA) is 92.4 Å². The van der Waals surface area contributed by atoms with E-state index in [1.54, 1.807) is 6.07 Å². The van der Waals surface area contributed by atoms with Crippen LogP contribution >= 0.6 is 0 Å². The molecule has 2 fully saturated rings. The standard InChI is InChI=1S/C23H28FN7O/c1-14-9-16(24)3-4-18(14)22(25)27-23-19-10-21(26-11-20(19)15(2)28-29-23)31-6-5-30-7-8-32-13-17(30)12-31/h3-4,9-11,17,22H,5-8,12-13,25H2,1-2H3,(H,27,29)/t17-,22-/m0/s1. The number of benzene rings is 1. The molecule has 0 unspecified atom stereocenters. The molecule has 9 heteroatoms. The van der Waals surface area contributed by atoms with E-state index >= 15 is 0 Å². The van der Waals surface area contributed by atoms with E-state index in [-0.39, 0.29) is 5.82 Å². The highest BCUT2D eigenvalue weighted by Gasteiger charge is 2.30. The van der Waals surface area contributed by atoms with E-state index in [1.807, 2.05) is 20.0 Å². The van der Waals surface area contributed by atoms with Gasteiger partial charge in [0, 0.05) is 43.1 Å². The molecule has 1 aromatic carbocycles. The maximum atomic E-state index is 13.5. The number of anilines is 2. The van der Waals surface area contributed by atoms with Crippen molar-refractivity contribution in [2.75, 3.05) is 49.6 Å². The second-order valence-corrected chi connectivity index (χ2v) is 8.56. The minimum atomic E-state index is -0.546. The molecule has 0 saturated carbocycles. The van der Waals surface area contributed by atoms with Crippen molar-refractivity contribution in [3.63, 3.8) is 0 Å². The van der Waals surface area contributed by atoms with Crippen LogP contribution in [0.1, 0.15) is 23.0 Å². The van der Waals surface area contributed by atoms with Crippen LogP contribution < -0.4 is 16.0 Å². The number of rotatable bonds is 4. The zero-order chi connectivity index (χ0) is 22.2. The molecule has 2 atom stereocenters. The van der Waals surface area contributed by atoms with E-state index in [1.165, 1.54) is 12.1 Å². The van der Waals surface area contributed by atoms with Gasteiger partial charge in [0.25, 0.3) is 0 Å². The molecule has 4 heterocycles. The van der Waals surface area contributed by atoms with Gasteiger partial charge >= 0.3 is 0 Å². The molecule has 2 aliphatic heterocycles. The third-order valence-corrected chi connectivity index (χ3v) is 6.46. The molecule has 0 spiro atoms. The molecular formula is C23H28FN7O. The largest absolute Gasteiger partial charge is 0.378 e. The minimum Gasteiger partial charge on any atom is -0.378 e. The van der Waals surface area contributed by atoms with Gasteiger partial charge in [0.15, 0.2) is 5.82 Å². The SMILES string of the molecule is Cc1cc(F)ccc1[C@@H](N)Nc1nnc(C)c2cnc(N3CCN4CCOC[C@@H]4C3)cc12. The first-order valence-electron chi connectivity index (χ1n) is 11.0. The van der Waals surface area contributed by atoms with Gasteiger partial charge in [-0.1, -0.05) is 6.07 Å². The summed E-state index contributed by atoms with van der Waals surface area (Å²) < 4.78 is 19.2. The Morgan fingerprint density at radius 3 is 2.88 bits per heavy atom. The summed E-state index contributed by atoms with van der Waals surface area (Å²) in [6.45, 7) is 9.13. The predicted molar refractivity (Wildman–Crippen MR) is 122 cm³/mol. The van der Waals surface area contributed by atoms with Crippen LogP contribution in [0.15, 0.2) is 30.5 Å². The van der Waals surface area contributed by atoms with Gasteiger partial charge in [0.1, 0.15) is 17.8 Å². The summed E-state index contributed by atoms with van der Waals surface area (Å²) in [4.78, 5) is 9.53. The average Bonchev–Trinajstić information content (AvgIpc) is 2.80. The van der Waals surface area contributed by atoms with Gasteiger partial charge in [0.05, 0.1) is 24.9 Å². The van der Waals surface area contributed by atoms with Crippen LogP contribution in [0, 0.1) is 19.7 Å². The molecule has 2 saturated heterocycles. The Kier molecular flexibility index (Phi) is 5.62. The molecule has 5 rings (SSSR count). The minimum absolute atomic E-state index is 0.279. The molecule has 0 bridgehead atoms. The molecular weight excluding hydrogens is 409 g/mol. The van der Waals surface area contributed by atoms with Crippen LogP contribution in [0.4, 0.5) is 16.0 Å². The molecule has 3 N–H and O–H groups in total. The van der Waals surface area contributed by atoms with E-state index < -0.39 is 6.17 Å². The van der Waals surface area contributed by atoms with E-state index in [9.17, 15) is 4.39 Å². The molecule has 3 aromatic rings. The molecule has 0 amide bonds. The zero-order valence-corrected chi connectivity index (χ0v) is 18.4. The number of hydrogen-bond donors (Lipinski definition) is 2. The Morgan fingerprint density at radius 1 is 1.16 bits per heavy atom. The molecule has 0 aliphatic carbocycles. The molecule has 32 heavy (non-hydrogen) atoms. The maximum absolute atomic E-state index is 13.5. The third-order valence-electron chi connectivity index (χ3n) is 6.46. The maximum Gasteiger partial charge on any atom is 0.158 e. The van der Waals surface area contributed by atoms with Gasteiger partial charge in [-0.15, -0.1) is 5.10 Å². The number of nitrogens with zero attached hydrogens (tertiary/aromatic N) is 5.